The van der Waals surface area contributed by atoms with E-state index < -0.39 is 0 Å². The van der Waals surface area contributed by atoms with Crippen LogP contribution in [0.3, 0.4) is 0 Å². The maximum atomic E-state index is 5.37. The summed E-state index contributed by atoms with van der Waals surface area (Å²) in [6.45, 7) is 0. The van der Waals surface area contributed by atoms with Gasteiger partial charge in [-0.05, 0) is 24.3 Å². The van der Waals surface area contributed by atoms with Crippen LogP contribution in [-0.4, -0.2) is 10.7 Å². The van der Waals surface area contributed by atoms with Crippen molar-refractivity contribution in [3.8, 4) is 0 Å². The standard InChI is InChI=1S/C8H8BrNS2/c9-6-1-3-7(4-2-6)12-5-8(10)11/h1-4H,5H2,(H2,10,11). The Balaban J connectivity index is 2.53. The number of benzene rings is 1. The summed E-state index contributed by atoms with van der Waals surface area (Å²) in [7, 11) is 0. The van der Waals surface area contributed by atoms with E-state index in [0.717, 1.165) is 4.47 Å². The quantitative estimate of drug-likeness (QED) is 0.670. The van der Waals surface area contributed by atoms with E-state index >= 15 is 0 Å². The number of rotatable bonds is 3. The molecule has 0 unspecified atom stereocenters. The maximum Gasteiger partial charge on any atom is 0.0831 e. The molecule has 1 aromatic rings. The van der Waals surface area contributed by atoms with Gasteiger partial charge in [-0.3, -0.25) is 0 Å². The first-order valence-electron chi connectivity index (χ1n) is 3.35. The number of thiocarbonyl (C=S) groups is 1. The number of nitrogens with two attached hydrogens (primary N) is 1. The predicted octanol–water partition coefficient (Wildman–Crippen LogP) is 2.83. The van der Waals surface area contributed by atoms with Gasteiger partial charge < -0.3 is 5.73 Å². The van der Waals surface area contributed by atoms with E-state index in [1.165, 1.54) is 4.90 Å². The van der Waals surface area contributed by atoms with Gasteiger partial charge in [0.05, 0.1) is 4.99 Å². The lowest BCUT2D eigenvalue weighted by Crippen LogP contribution is -2.09. The van der Waals surface area contributed by atoms with Crippen LogP contribution in [0, 0.1) is 0 Å². The number of hydrogen-bond donors (Lipinski definition) is 1. The van der Waals surface area contributed by atoms with Crippen LogP contribution in [0.5, 0.6) is 0 Å². The second-order valence-corrected chi connectivity index (χ2v) is 4.70. The molecule has 0 bridgehead atoms. The first-order valence-corrected chi connectivity index (χ1v) is 5.54. The smallest absolute Gasteiger partial charge is 0.0831 e. The summed E-state index contributed by atoms with van der Waals surface area (Å²) in [5.74, 6) is 0.705. The molecule has 0 fully saturated rings. The highest BCUT2D eigenvalue weighted by atomic mass is 79.9. The van der Waals surface area contributed by atoms with E-state index in [-0.39, 0.29) is 0 Å². The van der Waals surface area contributed by atoms with E-state index in [0.29, 0.717) is 10.7 Å². The number of hydrogen-bond acceptors (Lipinski definition) is 2. The van der Waals surface area contributed by atoms with Crippen molar-refractivity contribution in [1.29, 1.82) is 0 Å². The van der Waals surface area contributed by atoms with Gasteiger partial charge in [0.15, 0.2) is 0 Å². The fourth-order valence-electron chi connectivity index (χ4n) is 0.685. The molecular formula is C8H8BrNS2. The van der Waals surface area contributed by atoms with Crippen molar-refractivity contribution < 1.29 is 0 Å². The summed E-state index contributed by atoms with van der Waals surface area (Å²) in [6.07, 6.45) is 0. The molecule has 1 nitrogen and oxygen atoms in total. The van der Waals surface area contributed by atoms with Crippen LogP contribution in [0.15, 0.2) is 33.6 Å². The van der Waals surface area contributed by atoms with Crippen LogP contribution in [0.25, 0.3) is 0 Å². The molecule has 0 amide bonds. The average Bonchev–Trinajstić information content (AvgIpc) is 2.03. The summed E-state index contributed by atoms with van der Waals surface area (Å²) >= 11 is 9.78. The minimum atomic E-state index is 0.544. The third-order valence-electron chi connectivity index (χ3n) is 1.19. The Morgan fingerprint density at radius 2 is 2.00 bits per heavy atom. The minimum Gasteiger partial charge on any atom is -0.393 e. The molecule has 1 rings (SSSR count). The lowest BCUT2D eigenvalue weighted by atomic mass is 10.4. The van der Waals surface area contributed by atoms with Crippen molar-refractivity contribution in [2.24, 2.45) is 5.73 Å². The Labute approximate surface area is 89.9 Å². The molecule has 0 aliphatic rings. The highest BCUT2D eigenvalue weighted by molar-refractivity contribution is 9.10. The molecule has 0 heterocycles. The van der Waals surface area contributed by atoms with Crippen LogP contribution in [0.4, 0.5) is 0 Å². The molecule has 0 aliphatic heterocycles. The molecule has 0 radical (unpaired) electrons. The Bertz CT molecular complexity index is 271. The monoisotopic (exact) mass is 261 g/mol. The Kier molecular flexibility index (Phi) is 4.05. The average molecular weight is 262 g/mol. The van der Waals surface area contributed by atoms with Crippen molar-refractivity contribution in [2.45, 2.75) is 4.90 Å². The molecule has 0 aromatic heterocycles. The predicted molar refractivity (Wildman–Crippen MR) is 61.7 cm³/mol. The van der Waals surface area contributed by atoms with Crippen LogP contribution in [-0.2, 0) is 0 Å². The number of halogens is 1. The molecule has 0 atom stereocenters. The van der Waals surface area contributed by atoms with Gasteiger partial charge >= 0.3 is 0 Å². The largest absolute Gasteiger partial charge is 0.393 e. The lowest BCUT2D eigenvalue weighted by molar-refractivity contribution is 1.44. The van der Waals surface area contributed by atoms with Crippen LogP contribution in [0.2, 0.25) is 0 Å². The summed E-state index contributed by atoms with van der Waals surface area (Å²) < 4.78 is 1.09. The SMILES string of the molecule is NC(=S)CSc1ccc(Br)cc1. The van der Waals surface area contributed by atoms with Gasteiger partial charge in [0.1, 0.15) is 0 Å². The van der Waals surface area contributed by atoms with Crippen molar-refractivity contribution in [3.63, 3.8) is 0 Å². The van der Waals surface area contributed by atoms with Crippen LogP contribution in [0.1, 0.15) is 0 Å². The number of thioether (sulfide) groups is 1. The second-order valence-electron chi connectivity index (χ2n) is 2.21. The second kappa shape index (κ2) is 4.84. The normalized spacial score (nSPS) is 9.75. The molecular weight excluding hydrogens is 254 g/mol. The zero-order valence-electron chi connectivity index (χ0n) is 6.29. The van der Waals surface area contributed by atoms with Crippen molar-refractivity contribution in [3.05, 3.63) is 28.7 Å². The summed E-state index contributed by atoms with van der Waals surface area (Å²) in [5, 5.41) is 0. The fraction of sp³-hybridized carbons (Fsp3) is 0.125. The van der Waals surface area contributed by atoms with Crippen molar-refractivity contribution in [2.75, 3.05) is 5.75 Å². The maximum absolute atomic E-state index is 5.37. The Morgan fingerprint density at radius 1 is 1.42 bits per heavy atom. The molecule has 2 N–H and O–H groups in total. The zero-order valence-corrected chi connectivity index (χ0v) is 9.51. The molecule has 0 spiro atoms. The summed E-state index contributed by atoms with van der Waals surface area (Å²) in [6, 6.07) is 8.07. The van der Waals surface area contributed by atoms with Gasteiger partial charge in [0.2, 0.25) is 0 Å². The third kappa shape index (κ3) is 3.56. The summed E-state index contributed by atoms with van der Waals surface area (Å²) in [5.41, 5.74) is 5.37. The molecule has 0 saturated heterocycles. The van der Waals surface area contributed by atoms with E-state index in [2.05, 4.69) is 15.9 Å². The molecule has 12 heavy (non-hydrogen) atoms. The molecule has 64 valence electrons. The van der Waals surface area contributed by atoms with Crippen LogP contribution < -0.4 is 5.73 Å². The van der Waals surface area contributed by atoms with Crippen LogP contribution >= 0.6 is 39.9 Å². The van der Waals surface area contributed by atoms with E-state index in [9.17, 15) is 0 Å². The van der Waals surface area contributed by atoms with Gasteiger partial charge in [-0.1, -0.05) is 28.1 Å². The van der Waals surface area contributed by atoms with E-state index in [1.54, 1.807) is 11.8 Å². The highest BCUT2D eigenvalue weighted by Gasteiger charge is 1.94. The van der Waals surface area contributed by atoms with Gasteiger partial charge in [0, 0.05) is 15.1 Å². The fourth-order valence-corrected chi connectivity index (χ4v) is 1.76. The van der Waals surface area contributed by atoms with Crippen molar-refractivity contribution >= 4 is 44.9 Å². The highest BCUT2D eigenvalue weighted by Crippen LogP contribution is 2.20. The van der Waals surface area contributed by atoms with E-state index in [4.69, 9.17) is 18.0 Å². The lowest BCUT2D eigenvalue weighted by Gasteiger charge is -1.99. The third-order valence-corrected chi connectivity index (χ3v) is 3.11. The topological polar surface area (TPSA) is 26.0 Å². The zero-order chi connectivity index (χ0) is 8.97. The molecule has 0 aliphatic carbocycles. The Morgan fingerprint density at radius 3 is 2.50 bits per heavy atom. The molecule has 0 saturated carbocycles. The van der Waals surface area contributed by atoms with E-state index in [1.807, 2.05) is 24.3 Å². The first-order chi connectivity index (χ1) is 5.68. The van der Waals surface area contributed by atoms with Gasteiger partial charge in [-0.25, -0.2) is 0 Å². The van der Waals surface area contributed by atoms with Gasteiger partial charge in [-0.2, -0.15) is 0 Å². The van der Waals surface area contributed by atoms with Gasteiger partial charge in [0.25, 0.3) is 0 Å². The van der Waals surface area contributed by atoms with Crippen molar-refractivity contribution in [1.82, 2.24) is 0 Å². The molecule has 4 heteroatoms. The van der Waals surface area contributed by atoms with Gasteiger partial charge in [-0.15, -0.1) is 11.8 Å². The summed E-state index contributed by atoms with van der Waals surface area (Å²) in [4.78, 5) is 1.73. The minimum absolute atomic E-state index is 0.544. The first kappa shape index (κ1) is 10.0. The molecule has 1 aromatic carbocycles. The Hall–Kier alpha value is -0.0600.